The van der Waals surface area contributed by atoms with Crippen LogP contribution >= 0.6 is 27.5 Å². The van der Waals surface area contributed by atoms with Gasteiger partial charge in [-0.3, -0.25) is 4.79 Å². The Labute approximate surface area is 188 Å². The van der Waals surface area contributed by atoms with E-state index in [2.05, 4.69) is 59.1 Å². The normalized spacial score (nSPS) is 11.6. The van der Waals surface area contributed by atoms with Crippen LogP contribution in [0.1, 0.15) is 36.7 Å². The number of anilines is 1. The molecule has 1 heterocycles. The maximum atomic E-state index is 12.6. The summed E-state index contributed by atoms with van der Waals surface area (Å²) in [6.45, 7) is 6.54. The quantitative estimate of drug-likeness (QED) is 0.329. The summed E-state index contributed by atoms with van der Waals surface area (Å²) >= 11 is 9.52. The van der Waals surface area contributed by atoms with Crippen LogP contribution in [0, 0.1) is 0 Å². The highest BCUT2D eigenvalue weighted by molar-refractivity contribution is 9.10. The highest BCUT2D eigenvalue weighted by Crippen LogP contribution is 2.29. The van der Waals surface area contributed by atoms with Gasteiger partial charge >= 0.3 is 0 Å². The van der Waals surface area contributed by atoms with Gasteiger partial charge in [0.25, 0.3) is 5.91 Å². The van der Waals surface area contributed by atoms with E-state index in [4.69, 9.17) is 16.0 Å². The zero-order valence-corrected chi connectivity index (χ0v) is 19.1. The first kappa shape index (κ1) is 20.6. The molecule has 0 radical (unpaired) electrons. The Balaban J connectivity index is 1.59. The van der Waals surface area contributed by atoms with Crippen molar-refractivity contribution in [2.24, 2.45) is 0 Å². The minimum atomic E-state index is -0.290. The first-order chi connectivity index (χ1) is 14.2. The maximum absolute atomic E-state index is 12.6. The standard InChI is InChI=1S/C24H20BrClN2O2/c1-24(2,3)15-6-4-14(5-7-15)23-28-20-13-17(9-11-21(20)30-23)27-22(29)18-12-16(25)8-10-19(18)26/h4-13H,1-3H3,(H,27,29). The summed E-state index contributed by atoms with van der Waals surface area (Å²) in [5, 5.41) is 3.25. The molecule has 0 aliphatic heterocycles. The molecule has 0 unspecified atom stereocenters. The van der Waals surface area contributed by atoms with Gasteiger partial charge in [0.1, 0.15) is 5.52 Å². The fourth-order valence-electron chi connectivity index (χ4n) is 3.11. The number of fused-ring (bicyclic) bond motifs is 1. The molecule has 0 aliphatic rings. The maximum Gasteiger partial charge on any atom is 0.257 e. The van der Waals surface area contributed by atoms with Gasteiger partial charge in [0.05, 0.1) is 10.6 Å². The largest absolute Gasteiger partial charge is 0.436 e. The molecule has 1 amide bonds. The summed E-state index contributed by atoms with van der Waals surface area (Å²) in [5.74, 6) is 0.256. The smallest absolute Gasteiger partial charge is 0.257 e. The van der Waals surface area contributed by atoms with E-state index >= 15 is 0 Å². The van der Waals surface area contributed by atoms with Crippen LogP contribution in [-0.2, 0) is 5.41 Å². The van der Waals surface area contributed by atoms with Crippen LogP contribution in [0.4, 0.5) is 5.69 Å². The van der Waals surface area contributed by atoms with Gasteiger partial charge in [-0.15, -0.1) is 0 Å². The summed E-state index contributed by atoms with van der Waals surface area (Å²) in [7, 11) is 0. The third kappa shape index (κ3) is 4.27. The second-order valence-corrected chi connectivity index (χ2v) is 9.43. The van der Waals surface area contributed by atoms with Crippen LogP contribution < -0.4 is 5.32 Å². The topological polar surface area (TPSA) is 55.1 Å². The van der Waals surface area contributed by atoms with Crippen LogP contribution in [0.3, 0.4) is 0 Å². The number of benzene rings is 3. The summed E-state index contributed by atoms with van der Waals surface area (Å²) < 4.78 is 6.69. The number of rotatable bonds is 3. The van der Waals surface area contributed by atoms with Crippen molar-refractivity contribution < 1.29 is 9.21 Å². The number of halogens is 2. The van der Waals surface area contributed by atoms with Gasteiger partial charge in [-0.05, 0) is 59.5 Å². The fourth-order valence-corrected chi connectivity index (χ4v) is 3.68. The molecule has 0 saturated heterocycles. The molecule has 0 atom stereocenters. The Bertz CT molecular complexity index is 1240. The number of nitrogens with one attached hydrogen (secondary N) is 1. The van der Waals surface area contributed by atoms with Crippen molar-refractivity contribution in [3.8, 4) is 11.5 Å². The predicted octanol–water partition coefficient (Wildman–Crippen LogP) is 7.46. The Morgan fingerprint density at radius 2 is 1.77 bits per heavy atom. The van der Waals surface area contributed by atoms with Crippen molar-refractivity contribution in [2.75, 3.05) is 5.32 Å². The third-order valence-corrected chi connectivity index (χ3v) is 5.64. The molecule has 1 N–H and O–H groups in total. The monoisotopic (exact) mass is 482 g/mol. The zero-order valence-electron chi connectivity index (χ0n) is 16.8. The van der Waals surface area contributed by atoms with Gasteiger partial charge in [-0.2, -0.15) is 0 Å². The molecule has 3 aromatic carbocycles. The molecule has 0 bridgehead atoms. The molecule has 4 rings (SSSR count). The molecule has 4 nitrogen and oxygen atoms in total. The second kappa shape index (κ2) is 7.89. The summed E-state index contributed by atoms with van der Waals surface area (Å²) in [6, 6.07) is 18.7. The van der Waals surface area contributed by atoms with E-state index in [-0.39, 0.29) is 11.3 Å². The summed E-state index contributed by atoms with van der Waals surface area (Å²) in [4.78, 5) is 17.2. The lowest BCUT2D eigenvalue weighted by molar-refractivity contribution is 0.102. The van der Waals surface area contributed by atoms with Crippen LogP contribution in [0.25, 0.3) is 22.6 Å². The van der Waals surface area contributed by atoms with E-state index < -0.39 is 0 Å². The molecule has 1 aromatic heterocycles. The van der Waals surface area contributed by atoms with E-state index in [1.807, 2.05) is 12.1 Å². The van der Waals surface area contributed by atoms with Crippen LogP contribution in [0.2, 0.25) is 5.02 Å². The number of amides is 1. The number of aromatic nitrogens is 1. The van der Waals surface area contributed by atoms with Gasteiger partial charge in [-0.25, -0.2) is 4.98 Å². The SMILES string of the molecule is CC(C)(C)c1ccc(-c2nc3cc(NC(=O)c4cc(Br)ccc4Cl)ccc3o2)cc1. The molecule has 0 spiro atoms. The van der Waals surface area contributed by atoms with Crippen molar-refractivity contribution in [3.05, 3.63) is 81.3 Å². The van der Waals surface area contributed by atoms with Gasteiger partial charge in [0.2, 0.25) is 5.89 Å². The number of oxazole rings is 1. The van der Waals surface area contributed by atoms with E-state index in [0.29, 0.717) is 33.3 Å². The van der Waals surface area contributed by atoms with Crippen molar-refractivity contribution >= 4 is 50.2 Å². The number of carbonyl (C=O) groups excluding carboxylic acids is 1. The minimum absolute atomic E-state index is 0.0875. The Kier molecular flexibility index (Phi) is 5.43. The lowest BCUT2D eigenvalue weighted by atomic mass is 9.87. The van der Waals surface area contributed by atoms with Crippen molar-refractivity contribution in [2.45, 2.75) is 26.2 Å². The number of hydrogen-bond donors (Lipinski definition) is 1. The summed E-state index contributed by atoms with van der Waals surface area (Å²) in [6.07, 6.45) is 0. The van der Waals surface area contributed by atoms with Crippen LogP contribution in [0.5, 0.6) is 0 Å². The van der Waals surface area contributed by atoms with E-state index in [1.54, 1.807) is 36.4 Å². The predicted molar refractivity (Wildman–Crippen MR) is 125 cm³/mol. The molecule has 0 aliphatic carbocycles. The molecular weight excluding hydrogens is 464 g/mol. The Morgan fingerprint density at radius 3 is 2.47 bits per heavy atom. The van der Waals surface area contributed by atoms with E-state index in [9.17, 15) is 4.79 Å². The van der Waals surface area contributed by atoms with Gasteiger partial charge in [0, 0.05) is 15.7 Å². The first-order valence-electron chi connectivity index (χ1n) is 9.48. The summed E-state index contributed by atoms with van der Waals surface area (Å²) in [5.41, 5.74) is 4.58. The number of hydrogen-bond acceptors (Lipinski definition) is 3. The lowest BCUT2D eigenvalue weighted by Gasteiger charge is -2.18. The Hall–Kier alpha value is -2.63. The first-order valence-corrected chi connectivity index (χ1v) is 10.7. The van der Waals surface area contributed by atoms with Crippen molar-refractivity contribution in [1.29, 1.82) is 0 Å². The fraction of sp³-hybridized carbons (Fsp3) is 0.167. The average molecular weight is 484 g/mol. The molecular formula is C24H20BrClN2O2. The number of nitrogens with zero attached hydrogens (tertiary/aromatic N) is 1. The zero-order chi connectivity index (χ0) is 21.5. The van der Waals surface area contributed by atoms with Crippen molar-refractivity contribution in [3.63, 3.8) is 0 Å². The second-order valence-electron chi connectivity index (χ2n) is 8.11. The van der Waals surface area contributed by atoms with Crippen molar-refractivity contribution in [1.82, 2.24) is 4.98 Å². The van der Waals surface area contributed by atoms with E-state index in [1.165, 1.54) is 5.56 Å². The van der Waals surface area contributed by atoms with Gasteiger partial charge in [-0.1, -0.05) is 60.4 Å². The van der Waals surface area contributed by atoms with Crippen LogP contribution in [0.15, 0.2) is 69.6 Å². The highest BCUT2D eigenvalue weighted by Gasteiger charge is 2.16. The third-order valence-electron chi connectivity index (χ3n) is 4.82. The molecule has 152 valence electrons. The van der Waals surface area contributed by atoms with Crippen LogP contribution in [-0.4, -0.2) is 10.9 Å². The molecule has 4 aromatic rings. The molecule has 0 fully saturated rings. The van der Waals surface area contributed by atoms with Gasteiger partial charge in [0.15, 0.2) is 5.58 Å². The average Bonchev–Trinajstić information content (AvgIpc) is 3.12. The van der Waals surface area contributed by atoms with E-state index in [0.717, 1.165) is 10.0 Å². The minimum Gasteiger partial charge on any atom is -0.436 e. The lowest BCUT2D eigenvalue weighted by Crippen LogP contribution is -2.12. The molecule has 30 heavy (non-hydrogen) atoms. The Morgan fingerprint density at radius 1 is 1.03 bits per heavy atom. The molecule has 0 saturated carbocycles. The number of carbonyl (C=O) groups is 1. The molecule has 6 heteroatoms. The van der Waals surface area contributed by atoms with Gasteiger partial charge < -0.3 is 9.73 Å². The highest BCUT2D eigenvalue weighted by atomic mass is 79.9.